The van der Waals surface area contributed by atoms with E-state index >= 15 is 0 Å². The molecule has 32 heavy (non-hydrogen) atoms. The van der Waals surface area contributed by atoms with Crippen LogP contribution in [-0.4, -0.2) is 14.7 Å². The van der Waals surface area contributed by atoms with Crippen molar-refractivity contribution in [3.8, 4) is 22.7 Å². The molecule has 0 aliphatic rings. The van der Waals surface area contributed by atoms with Gasteiger partial charge in [0, 0.05) is 36.8 Å². The van der Waals surface area contributed by atoms with E-state index in [9.17, 15) is 5.11 Å². The van der Waals surface area contributed by atoms with Crippen LogP contribution in [-0.2, 0) is 5.41 Å². The fraction of sp³-hybridized carbons (Fsp3) is 0.207. The van der Waals surface area contributed by atoms with Crippen molar-refractivity contribution in [1.29, 1.82) is 0 Å². The first kappa shape index (κ1) is 14.5. The van der Waals surface area contributed by atoms with E-state index in [-0.39, 0.29) is 27.9 Å². The smallest absolute Gasteiger partial charge is 0.137 e. The van der Waals surface area contributed by atoms with E-state index in [1.165, 1.54) is 18.2 Å². The molecule has 0 bridgehead atoms. The number of aromatic hydroxyl groups is 1. The third kappa shape index (κ3) is 3.16. The Hall–Kier alpha value is -3.59. The zero-order chi connectivity index (χ0) is 27.6. The van der Waals surface area contributed by atoms with Crippen LogP contribution in [0.25, 0.3) is 38.8 Å². The zero-order valence-corrected chi connectivity index (χ0v) is 18.3. The topological polar surface area (TPSA) is 38.0 Å². The van der Waals surface area contributed by atoms with Crippen LogP contribution in [0.4, 0.5) is 0 Å². The Bertz CT molecular complexity index is 1660. The van der Waals surface area contributed by atoms with Gasteiger partial charge in [-0.05, 0) is 65.6 Å². The van der Waals surface area contributed by atoms with E-state index in [1.54, 1.807) is 36.5 Å². The lowest BCUT2D eigenvalue weighted by Gasteiger charge is -2.20. The fourth-order valence-electron chi connectivity index (χ4n) is 4.34. The van der Waals surface area contributed by atoms with Crippen molar-refractivity contribution in [3.63, 3.8) is 0 Å². The van der Waals surface area contributed by atoms with Gasteiger partial charge in [-0.15, -0.1) is 0 Å². The van der Waals surface area contributed by atoms with Crippen LogP contribution >= 0.6 is 0 Å². The van der Waals surface area contributed by atoms with Crippen molar-refractivity contribution in [2.75, 3.05) is 0 Å². The lowest BCUT2D eigenvalue weighted by Crippen LogP contribution is -2.12. The predicted molar refractivity (Wildman–Crippen MR) is 134 cm³/mol. The molecule has 0 aliphatic heterocycles. The number of fused-ring (bicyclic) bond motifs is 3. The van der Waals surface area contributed by atoms with Crippen LogP contribution in [0.15, 0.2) is 72.9 Å². The van der Waals surface area contributed by atoms with Crippen molar-refractivity contribution < 1.29 is 13.3 Å². The average molecular weight is 427 g/mol. The molecule has 0 saturated carbocycles. The molecule has 5 rings (SSSR count). The maximum absolute atomic E-state index is 10.4. The first-order valence-corrected chi connectivity index (χ1v) is 10.6. The number of hydrogen-bond acceptors (Lipinski definition) is 2. The van der Waals surface area contributed by atoms with E-state index in [2.05, 4.69) is 25.8 Å². The fourth-order valence-corrected chi connectivity index (χ4v) is 4.34. The summed E-state index contributed by atoms with van der Waals surface area (Å²) in [5.41, 5.74) is 2.74. The number of aryl methyl sites for hydroxylation is 2. The van der Waals surface area contributed by atoms with Gasteiger partial charge >= 0.3 is 0 Å². The molecule has 5 aromatic rings. The second kappa shape index (κ2) is 7.23. The molecule has 3 aromatic carbocycles. The van der Waals surface area contributed by atoms with E-state index in [0.717, 1.165) is 16.3 Å². The number of hydrogen-bond donors (Lipinski definition) is 1. The summed E-state index contributed by atoms with van der Waals surface area (Å²) in [7, 11) is 0. The van der Waals surface area contributed by atoms with Crippen molar-refractivity contribution >= 4 is 21.8 Å². The van der Waals surface area contributed by atoms with Gasteiger partial charge in [0.15, 0.2) is 0 Å². The molecule has 1 N–H and O–H groups in total. The summed E-state index contributed by atoms with van der Waals surface area (Å²) in [5.74, 6) is 0.651. The van der Waals surface area contributed by atoms with Crippen molar-refractivity contribution in [2.45, 2.75) is 39.9 Å². The molecule has 0 unspecified atom stereocenters. The van der Waals surface area contributed by atoms with Gasteiger partial charge in [0.25, 0.3) is 0 Å². The highest BCUT2D eigenvalue weighted by molar-refractivity contribution is 6.14. The monoisotopic (exact) mass is 426 g/mol. The van der Waals surface area contributed by atoms with E-state index in [4.69, 9.17) is 8.22 Å². The molecule has 0 fully saturated rings. The highest BCUT2D eigenvalue weighted by Gasteiger charge is 2.21. The van der Waals surface area contributed by atoms with Gasteiger partial charge in [0.05, 0.1) is 11.0 Å². The second-order valence-corrected chi connectivity index (χ2v) is 9.12. The minimum absolute atomic E-state index is 0.0327. The highest BCUT2D eigenvalue weighted by atomic mass is 16.3. The second-order valence-electron chi connectivity index (χ2n) is 9.12. The molecule has 0 aliphatic carbocycles. The summed E-state index contributed by atoms with van der Waals surface area (Å²) in [6.07, 6.45) is 1.73. The molecule has 2 aromatic heterocycles. The summed E-state index contributed by atoms with van der Waals surface area (Å²) >= 11 is 0. The Morgan fingerprint density at radius 1 is 0.875 bits per heavy atom. The summed E-state index contributed by atoms with van der Waals surface area (Å²) in [4.78, 5) is 4.66. The molecular formula is C29H28N2O. The van der Waals surface area contributed by atoms with E-state index < -0.39 is 13.7 Å². The summed E-state index contributed by atoms with van der Waals surface area (Å²) < 4.78 is 51.2. The molecule has 0 amide bonds. The third-order valence-corrected chi connectivity index (χ3v) is 5.95. The molecule has 0 atom stereocenters. The largest absolute Gasteiger partial charge is 0.508 e. The maximum atomic E-state index is 10.4. The minimum Gasteiger partial charge on any atom is -0.508 e. The highest BCUT2D eigenvalue weighted by Crippen LogP contribution is 2.40. The van der Waals surface area contributed by atoms with Gasteiger partial charge < -0.3 is 5.11 Å². The van der Waals surface area contributed by atoms with Gasteiger partial charge in [-0.2, -0.15) is 0 Å². The number of nitrogens with zero attached hydrogens (tertiary/aromatic N) is 2. The Kier molecular flexibility index (Phi) is 3.27. The Morgan fingerprint density at radius 2 is 1.62 bits per heavy atom. The molecule has 3 heteroatoms. The van der Waals surface area contributed by atoms with E-state index in [1.807, 2.05) is 22.8 Å². The minimum atomic E-state index is -2.54. The third-order valence-electron chi connectivity index (χ3n) is 5.95. The Balaban J connectivity index is 2.01. The maximum Gasteiger partial charge on any atom is 0.137 e. The molecular weight excluding hydrogens is 392 g/mol. The Labute approximate surface area is 197 Å². The molecule has 0 spiro atoms. The van der Waals surface area contributed by atoms with E-state index in [0.29, 0.717) is 22.4 Å². The standard InChI is InChI=1S/C29H28N2O/c1-18-8-6-9-19(2)27(18)24-11-7-10-23-22-13-12-21(32)17-25(22)31(28(23)24)26-16-20(14-15-30-26)29(3,4)5/h6-17,32H,1-5H3/i1D3,2D3. The normalized spacial score (nSPS) is 15.6. The summed E-state index contributed by atoms with van der Waals surface area (Å²) in [6.45, 7) is 1.22. The van der Waals surface area contributed by atoms with Crippen LogP contribution < -0.4 is 0 Å². The molecule has 160 valence electrons. The quantitative estimate of drug-likeness (QED) is 0.318. The van der Waals surface area contributed by atoms with Gasteiger partial charge in [-0.1, -0.05) is 57.2 Å². The first-order valence-electron chi connectivity index (χ1n) is 13.6. The molecule has 3 nitrogen and oxygen atoms in total. The number of para-hydroxylation sites is 1. The lowest BCUT2D eigenvalue weighted by molar-refractivity contribution is 0.476. The Morgan fingerprint density at radius 3 is 2.34 bits per heavy atom. The number of pyridine rings is 1. The van der Waals surface area contributed by atoms with Crippen molar-refractivity contribution in [1.82, 2.24) is 9.55 Å². The number of benzene rings is 3. The van der Waals surface area contributed by atoms with Gasteiger partial charge in [-0.3, -0.25) is 4.57 Å². The van der Waals surface area contributed by atoms with Gasteiger partial charge in [-0.25, -0.2) is 4.98 Å². The number of phenolic OH excluding ortho intramolecular Hbond substituents is 1. The molecule has 0 saturated heterocycles. The summed E-state index contributed by atoms with van der Waals surface area (Å²) in [5, 5.41) is 12.0. The predicted octanol–water partition coefficient (Wildman–Crippen LogP) is 7.47. The number of phenols is 1. The van der Waals surface area contributed by atoms with Crippen LogP contribution in [0, 0.1) is 13.7 Å². The SMILES string of the molecule is [2H]C([2H])([2H])c1cccc(C([2H])([2H])[2H])c1-c1cccc2c3ccc(O)cc3n(-c3cc(C(C)(C)C)ccn3)c12. The van der Waals surface area contributed by atoms with Crippen LogP contribution in [0.5, 0.6) is 5.75 Å². The van der Waals surface area contributed by atoms with Crippen LogP contribution in [0.2, 0.25) is 0 Å². The van der Waals surface area contributed by atoms with Crippen LogP contribution in [0.1, 0.15) is 45.7 Å². The van der Waals surface area contributed by atoms with Gasteiger partial charge in [0.2, 0.25) is 0 Å². The molecule has 0 radical (unpaired) electrons. The molecule has 2 heterocycles. The number of rotatable bonds is 2. The zero-order valence-electron chi connectivity index (χ0n) is 24.3. The lowest BCUT2D eigenvalue weighted by atomic mass is 9.88. The van der Waals surface area contributed by atoms with Crippen molar-refractivity contribution in [3.05, 3.63) is 89.6 Å². The first-order chi connectivity index (χ1) is 17.7. The van der Waals surface area contributed by atoms with Crippen molar-refractivity contribution in [2.24, 2.45) is 0 Å². The van der Waals surface area contributed by atoms with Gasteiger partial charge in [0.1, 0.15) is 11.6 Å². The summed E-state index contributed by atoms with van der Waals surface area (Å²) in [6, 6.07) is 18.9. The number of aromatic nitrogens is 2. The van der Waals surface area contributed by atoms with Crippen LogP contribution in [0.3, 0.4) is 0 Å². The average Bonchev–Trinajstić information content (AvgIpc) is 3.15.